The molecule has 0 spiro atoms. The van der Waals surface area contributed by atoms with E-state index in [-0.39, 0.29) is 12.3 Å². The summed E-state index contributed by atoms with van der Waals surface area (Å²) in [5.74, 6) is -0.126. The molecular weight excluding hydrogens is 346 g/mol. The van der Waals surface area contributed by atoms with Crippen LogP contribution in [0.5, 0.6) is 0 Å². The van der Waals surface area contributed by atoms with Crippen molar-refractivity contribution in [2.24, 2.45) is 5.41 Å². The summed E-state index contributed by atoms with van der Waals surface area (Å²) in [6, 6.07) is 7.52. The Morgan fingerprint density at radius 2 is 2.00 bits per heavy atom. The molecule has 1 aliphatic rings. The van der Waals surface area contributed by atoms with Crippen molar-refractivity contribution in [2.45, 2.75) is 46.0 Å². The van der Waals surface area contributed by atoms with Crippen molar-refractivity contribution < 1.29 is 14.7 Å². The second-order valence-corrected chi connectivity index (χ2v) is 7.24. The molecule has 1 aromatic heterocycles. The van der Waals surface area contributed by atoms with Crippen LogP contribution in [0.15, 0.2) is 24.3 Å². The van der Waals surface area contributed by atoms with E-state index in [0.29, 0.717) is 31.8 Å². The molecule has 1 fully saturated rings. The maximum Gasteiger partial charge on any atom is 0.311 e. The van der Waals surface area contributed by atoms with Crippen molar-refractivity contribution in [1.29, 1.82) is 0 Å². The van der Waals surface area contributed by atoms with Gasteiger partial charge in [0.2, 0.25) is 5.91 Å². The van der Waals surface area contributed by atoms with Gasteiger partial charge in [0, 0.05) is 13.1 Å². The minimum absolute atomic E-state index is 0.0252. The number of amides is 1. The topological polar surface area (TPSA) is 101 Å². The highest BCUT2D eigenvalue weighted by Gasteiger charge is 2.42. The van der Waals surface area contributed by atoms with Gasteiger partial charge in [-0.05, 0) is 54.3 Å². The Kier molecular flexibility index (Phi) is 5.53. The Labute approximate surface area is 158 Å². The summed E-state index contributed by atoms with van der Waals surface area (Å²) in [5, 5.41) is 21.1. The van der Waals surface area contributed by atoms with Crippen LogP contribution in [0.1, 0.15) is 44.0 Å². The van der Waals surface area contributed by atoms with Crippen LogP contribution in [-0.4, -0.2) is 55.2 Å². The normalized spacial score (nSPS) is 19.9. The van der Waals surface area contributed by atoms with E-state index in [1.807, 2.05) is 38.1 Å². The Balaban J connectivity index is 1.68. The number of aromatic nitrogens is 4. The molecule has 2 heterocycles. The predicted octanol–water partition coefficient (Wildman–Crippen LogP) is 2.01. The van der Waals surface area contributed by atoms with Crippen molar-refractivity contribution in [3.63, 3.8) is 0 Å². The number of carboxylic acid groups (broad SMARTS) is 1. The zero-order valence-electron chi connectivity index (χ0n) is 15.8. The SMILES string of the molecule is CCC[C@@]1(C(=O)O)CCCN(C(=O)Cc2ccc(-n3nnnc3C)cc2)C1. The average molecular weight is 371 g/mol. The molecule has 0 bridgehead atoms. The number of piperidine rings is 1. The van der Waals surface area contributed by atoms with E-state index >= 15 is 0 Å². The van der Waals surface area contributed by atoms with Crippen LogP contribution in [0.25, 0.3) is 5.69 Å². The summed E-state index contributed by atoms with van der Waals surface area (Å²) in [6.45, 7) is 4.73. The fourth-order valence-corrected chi connectivity index (χ4v) is 3.82. The molecule has 27 heavy (non-hydrogen) atoms. The first-order valence-corrected chi connectivity index (χ1v) is 9.30. The van der Waals surface area contributed by atoms with Gasteiger partial charge in [0.1, 0.15) is 0 Å². The summed E-state index contributed by atoms with van der Waals surface area (Å²) < 4.78 is 1.63. The molecule has 2 aromatic rings. The van der Waals surface area contributed by atoms with Crippen LogP contribution in [0, 0.1) is 12.3 Å². The Hall–Kier alpha value is -2.77. The van der Waals surface area contributed by atoms with Gasteiger partial charge in [-0.3, -0.25) is 9.59 Å². The highest BCUT2D eigenvalue weighted by molar-refractivity contribution is 5.81. The number of hydrogen-bond donors (Lipinski definition) is 1. The molecule has 0 saturated carbocycles. The van der Waals surface area contributed by atoms with Gasteiger partial charge in [-0.25, -0.2) is 0 Å². The molecule has 8 heteroatoms. The minimum atomic E-state index is -0.801. The van der Waals surface area contributed by atoms with Gasteiger partial charge in [-0.1, -0.05) is 25.5 Å². The zero-order chi connectivity index (χ0) is 19.4. The Morgan fingerprint density at radius 3 is 2.59 bits per heavy atom. The van der Waals surface area contributed by atoms with Crippen molar-refractivity contribution >= 4 is 11.9 Å². The number of hydrogen-bond acceptors (Lipinski definition) is 5. The second kappa shape index (κ2) is 7.85. The van der Waals surface area contributed by atoms with E-state index in [1.165, 1.54) is 0 Å². The largest absolute Gasteiger partial charge is 0.481 e. The van der Waals surface area contributed by atoms with Crippen molar-refractivity contribution in [1.82, 2.24) is 25.1 Å². The van der Waals surface area contributed by atoms with Gasteiger partial charge in [-0.2, -0.15) is 4.68 Å². The van der Waals surface area contributed by atoms with Crippen LogP contribution in [0.2, 0.25) is 0 Å². The molecule has 1 N–H and O–H groups in total. The monoisotopic (exact) mass is 371 g/mol. The van der Waals surface area contributed by atoms with E-state index in [0.717, 1.165) is 24.1 Å². The molecule has 1 aliphatic heterocycles. The third-order valence-electron chi connectivity index (χ3n) is 5.27. The standard InChI is InChI=1S/C19H25N5O3/c1-3-9-19(18(26)27)10-4-11-23(13-19)17(25)12-15-5-7-16(8-6-15)24-14(2)20-21-22-24/h5-8H,3-4,9-13H2,1-2H3,(H,26,27)/t19-/m1/s1. The lowest BCUT2D eigenvalue weighted by molar-refractivity contribution is -0.155. The lowest BCUT2D eigenvalue weighted by Gasteiger charge is -2.40. The number of carboxylic acids is 1. The molecule has 1 saturated heterocycles. The first-order chi connectivity index (χ1) is 12.9. The molecule has 1 amide bonds. The molecule has 8 nitrogen and oxygen atoms in total. The number of aryl methyl sites for hydroxylation is 1. The molecule has 3 rings (SSSR count). The van der Waals surface area contributed by atoms with Crippen LogP contribution in [-0.2, 0) is 16.0 Å². The quantitative estimate of drug-likeness (QED) is 0.833. The van der Waals surface area contributed by atoms with Crippen LogP contribution in [0.3, 0.4) is 0 Å². The van der Waals surface area contributed by atoms with Gasteiger partial charge < -0.3 is 10.0 Å². The fraction of sp³-hybridized carbons (Fsp3) is 0.526. The lowest BCUT2D eigenvalue weighted by Crippen LogP contribution is -2.50. The molecular formula is C19H25N5O3. The van der Waals surface area contributed by atoms with Crippen molar-refractivity contribution in [3.05, 3.63) is 35.7 Å². The number of likely N-dealkylation sites (tertiary alicyclic amines) is 1. The van der Waals surface area contributed by atoms with E-state index in [2.05, 4.69) is 15.5 Å². The van der Waals surface area contributed by atoms with Gasteiger partial charge in [0.15, 0.2) is 5.82 Å². The van der Waals surface area contributed by atoms with E-state index in [1.54, 1.807) is 9.58 Å². The number of rotatable bonds is 6. The fourth-order valence-electron chi connectivity index (χ4n) is 3.82. The molecule has 0 aliphatic carbocycles. The minimum Gasteiger partial charge on any atom is -0.481 e. The van der Waals surface area contributed by atoms with Crippen molar-refractivity contribution in [3.8, 4) is 5.69 Å². The average Bonchev–Trinajstić information content (AvgIpc) is 3.08. The maximum absolute atomic E-state index is 12.7. The Morgan fingerprint density at radius 1 is 1.26 bits per heavy atom. The summed E-state index contributed by atoms with van der Waals surface area (Å²) in [6.07, 6.45) is 3.03. The number of carbonyl (C=O) groups is 2. The van der Waals surface area contributed by atoms with Gasteiger partial charge in [0.05, 0.1) is 17.5 Å². The molecule has 0 radical (unpaired) electrons. The molecule has 1 aromatic carbocycles. The van der Waals surface area contributed by atoms with Gasteiger partial charge in [0.25, 0.3) is 0 Å². The molecule has 0 unspecified atom stereocenters. The van der Waals surface area contributed by atoms with E-state index < -0.39 is 11.4 Å². The van der Waals surface area contributed by atoms with Crippen LogP contribution in [0.4, 0.5) is 0 Å². The number of aliphatic carboxylic acids is 1. The highest BCUT2D eigenvalue weighted by atomic mass is 16.4. The molecule has 144 valence electrons. The predicted molar refractivity (Wildman–Crippen MR) is 98.4 cm³/mol. The van der Waals surface area contributed by atoms with Crippen LogP contribution >= 0.6 is 0 Å². The smallest absolute Gasteiger partial charge is 0.311 e. The number of benzene rings is 1. The number of carbonyl (C=O) groups excluding carboxylic acids is 1. The third-order valence-corrected chi connectivity index (χ3v) is 5.27. The second-order valence-electron chi connectivity index (χ2n) is 7.24. The first-order valence-electron chi connectivity index (χ1n) is 9.30. The highest BCUT2D eigenvalue weighted by Crippen LogP contribution is 2.35. The summed E-state index contributed by atoms with van der Waals surface area (Å²) in [4.78, 5) is 26.3. The zero-order valence-corrected chi connectivity index (χ0v) is 15.8. The summed E-state index contributed by atoms with van der Waals surface area (Å²) in [5.41, 5.74) is 0.917. The van der Waals surface area contributed by atoms with Crippen LogP contribution < -0.4 is 0 Å². The van der Waals surface area contributed by atoms with Gasteiger partial charge in [-0.15, -0.1) is 5.10 Å². The summed E-state index contributed by atoms with van der Waals surface area (Å²) >= 11 is 0. The van der Waals surface area contributed by atoms with E-state index in [4.69, 9.17) is 0 Å². The summed E-state index contributed by atoms with van der Waals surface area (Å²) in [7, 11) is 0. The number of nitrogens with zero attached hydrogens (tertiary/aromatic N) is 5. The maximum atomic E-state index is 12.7. The third kappa shape index (κ3) is 3.99. The molecule has 1 atom stereocenters. The number of tetrazole rings is 1. The lowest BCUT2D eigenvalue weighted by atomic mass is 9.76. The Bertz CT molecular complexity index is 813. The van der Waals surface area contributed by atoms with Gasteiger partial charge >= 0.3 is 5.97 Å². The van der Waals surface area contributed by atoms with Crippen molar-refractivity contribution in [2.75, 3.05) is 13.1 Å². The first kappa shape index (κ1) is 19.0. The van der Waals surface area contributed by atoms with E-state index in [9.17, 15) is 14.7 Å².